The maximum absolute atomic E-state index is 9.87. The van der Waals surface area contributed by atoms with Gasteiger partial charge in [0.15, 0.2) is 0 Å². The largest absolute Gasteiger partial charge is 0.512 e. The zero-order valence-corrected chi connectivity index (χ0v) is 4.76. The molecule has 58 valence electrons. The van der Waals surface area contributed by atoms with Crippen molar-refractivity contribution in [1.29, 1.82) is 0 Å². The first kappa shape index (κ1) is 8.73. The SMILES string of the molecule is O=C(O)C(O)/C(=C/O)OO. The number of carbonyl (C=O) groups is 1. The Bertz CT molecular complexity index is 150. The fourth-order valence-corrected chi connectivity index (χ4v) is 0.266. The van der Waals surface area contributed by atoms with Crippen molar-refractivity contribution >= 4 is 5.97 Å². The maximum atomic E-state index is 9.87. The Morgan fingerprint density at radius 3 is 2.20 bits per heavy atom. The summed E-state index contributed by atoms with van der Waals surface area (Å²) in [5.41, 5.74) is 0. The molecule has 0 amide bonds. The number of carboxylic acids is 1. The first-order valence-electron chi connectivity index (χ1n) is 2.20. The highest BCUT2D eigenvalue weighted by Crippen LogP contribution is 2.00. The summed E-state index contributed by atoms with van der Waals surface area (Å²) in [6, 6.07) is 0. The van der Waals surface area contributed by atoms with E-state index >= 15 is 0 Å². The summed E-state index contributed by atoms with van der Waals surface area (Å²) >= 11 is 0. The summed E-state index contributed by atoms with van der Waals surface area (Å²) in [4.78, 5) is 13.2. The van der Waals surface area contributed by atoms with Crippen molar-refractivity contribution < 1.29 is 30.3 Å². The van der Waals surface area contributed by atoms with Crippen molar-refractivity contribution in [2.75, 3.05) is 0 Å². The molecule has 0 radical (unpaired) electrons. The van der Waals surface area contributed by atoms with Crippen LogP contribution in [0.15, 0.2) is 12.0 Å². The second-order valence-electron chi connectivity index (χ2n) is 1.36. The van der Waals surface area contributed by atoms with E-state index in [1.807, 2.05) is 0 Å². The minimum absolute atomic E-state index is 0.152. The molecule has 0 aromatic rings. The van der Waals surface area contributed by atoms with Gasteiger partial charge in [-0.05, 0) is 0 Å². The van der Waals surface area contributed by atoms with Gasteiger partial charge in [0.25, 0.3) is 0 Å². The smallest absolute Gasteiger partial charge is 0.340 e. The van der Waals surface area contributed by atoms with Crippen LogP contribution in [0.1, 0.15) is 0 Å². The molecule has 0 rings (SSSR count). The minimum Gasteiger partial charge on any atom is -0.512 e. The lowest BCUT2D eigenvalue weighted by atomic mass is 10.3. The molecule has 0 aliphatic heterocycles. The van der Waals surface area contributed by atoms with Gasteiger partial charge in [-0.15, -0.1) is 0 Å². The molecule has 6 heteroatoms. The van der Waals surface area contributed by atoms with Crippen LogP contribution in [0, 0.1) is 0 Å². The van der Waals surface area contributed by atoms with E-state index in [1.165, 1.54) is 0 Å². The molecule has 0 aromatic heterocycles. The van der Waals surface area contributed by atoms with Crippen LogP contribution >= 0.6 is 0 Å². The van der Waals surface area contributed by atoms with Gasteiger partial charge in [0.1, 0.15) is 6.26 Å². The number of aliphatic hydroxyl groups excluding tert-OH is 2. The molecule has 1 atom stereocenters. The van der Waals surface area contributed by atoms with Crippen molar-refractivity contribution in [2.45, 2.75) is 6.10 Å². The van der Waals surface area contributed by atoms with Gasteiger partial charge in [-0.3, -0.25) is 0 Å². The average Bonchev–Trinajstić information content (AvgIpc) is 1.90. The molecule has 0 bridgehead atoms. The van der Waals surface area contributed by atoms with E-state index in [9.17, 15) is 4.79 Å². The van der Waals surface area contributed by atoms with Crippen molar-refractivity contribution in [3.63, 3.8) is 0 Å². The monoisotopic (exact) mass is 150 g/mol. The molecular weight excluding hydrogens is 144 g/mol. The molecule has 0 saturated carbocycles. The quantitative estimate of drug-likeness (QED) is 0.241. The van der Waals surface area contributed by atoms with Gasteiger partial charge in [-0.2, -0.15) is 0 Å². The zero-order valence-electron chi connectivity index (χ0n) is 4.76. The Hall–Kier alpha value is -1.27. The van der Waals surface area contributed by atoms with Crippen LogP contribution in [0.4, 0.5) is 0 Å². The molecule has 4 N–H and O–H groups in total. The van der Waals surface area contributed by atoms with E-state index in [4.69, 9.17) is 20.6 Å². The Morgan fingerprint density at radius 1 is 1.60 bits per heavy atom. The number of rotatable bonds is 3. The summed E-state index contributed by atoms with van der Waals surface area (Å²) in [5.74, 6) is -2.47. The average molecular weight is 150 g/mol. The maximum Gasteiger partial charge on any atom is 0.340 e. The Balaban J connectivity index is 4.17. The van der Waals surface area contributed by atoms with Gasteiger partial charge in [0.05, 0.1) is 0 Å². The molecule has 0 spiro atoms. The van der Waals surface area contributed by atoms with E-state index in [0.29, 0.717) is 0 Å². The first-order valence-corrected chi connectivity index (χ1v) is 2.20. The molecule has 0 heterocycles. The van der Waals surface area contributed by atoms with Gasteiger partial charge in [-0.1, -0.05) is 0 Å². The van der Waals surface area contributed by atoms with Gasteiger partial charge in [-0.25, -0.2) is 10.1 Å². The zero-order chi connectivity index (χ0) is 8.15. The van der Waals surface area contributed by atoms with Crippen LogP contribution in [-0.2, 0) is 9.68 Å². The van der Waals surface area contributed by atoms with Crippen LogP contribution in [-0.4, -0.2) is 32.7 Å². The molecule has 6 nitrogen and oxygen atoms in total. The van der Waals surface area contributed by atoms with Crippen molar-refractivity contribution in [1.82, 2.24) is 0 Å². The number of aliphatic carboxylic acids is 1. The van der Waals surface area contributed by atoms with E-state index < -0.39 is 17.8 Å². The number of hydrogen-bond donors (Lipinski definition) is 4. The molecule has 1 unspecified atom stereocenters. The van der Waals surface area contributed by atoms with Gasteiger partial charge in [0.2, 0.25) is 11.9 Å². The van der Waals surface area contributed by atoms with Crippen LogP contribution in [0.2, 0.25) is 0 Å². The van der Waals surface area contributed by atoms with Crippen LogP contribution < -0.4 is 0 Å². The topological polar surface area (TPSA) is 107 Å². The third-order valence-electron chi connectivity index (χ3n) is 0.736. The van der Waals surface area contributed by atoms with E-state index in [1.54, 1.807) is 0 Å². The highest BCUT2D eigenvalue weighted by molar-refractivity contribution is 5.75. The molecular formula is C4H6O6. The molecule has 0 aliphatic carbocycles. The Kier molecular flexibility index (Phi) is 3.23. The fraction of sp³-hybridized carbons (Fsp3) is 0.250. The minimum atomic E-state index is -2.05. The summed E-state index contributed by atoms with van der Waals surface area (Å²) in [6.07, 6.45) is -1.89. The second-order valence-corrected chi connectivity index (χ2v) is 1.36. The fourth-order valence-electron chi connectivity index (χ4n) is 0.266. The summed E-state index contributed by atoms with van der Waals surface area (Å²) in [5, 5.41) is 32.4. The summed E-state index contributed by atoms with van der Waals surface area (Å²) < 4.78 is 0. The van der Waals surface area contributed by atoms with E-state index in [2.05, 4.69) is 4.89 Å². The van der Waals surface area contributed by atoms with Crippen LogP contribution in [0.25, 0.3) is 0 Å². The lowest BCUT2D eigenvalue weighted by Crippen LogP contribution is -2.23. The number of carboxylic acid groups (broad SMARTS) is 1. The summed E-state index contributed by atoms with van der Waals surface area (Å²) in [7, 11) is 0. The normalized spacial score (nSPS) is 14.4. The highest BCUT2D eigenvalue weighted by Gasteiger charge is 2.21. The first-order chi connectivity index (χ1) is 4.63. The van der Waals surface area contributed by atoms with Crippen molar-refractivity contribution in [2.24, 2.45) is 0 Å². The lowest BCUT2D eigenvalue weighted by molar-refractivity contribution is -0.220. The van der Waals surface area contributed by atoms with E-state index in [-0.39, 0.29) is 6.26 Å². The second kappa shape index (κ2) is 3.70. The molecule has 0 aliphatic rings. The number of aliphatic hydroxyl groups is 2. The van der Waals surface area contributed by atoms with Crippen molar-refractivity contribution in [3.8, 4) is 0 Å². The standard InChI is InChI=1S/C4H6O6/c5-1-2(10-9)3(6)4(7)8/h1,3,5-6,9H,(H,7,8)/b2-1-. The predicted octanol–water partition coefficient (Wildman–Crippen LogP) is -0.679. The van der Waals surface area contributed by atoms with Crippen LogP contribution in [0.3, 0.4) is 0 Å². The summed E-state index contributed by atoms with van der Waals surface area (Å²) in [6.45, 7) is 0. The lowest BCUT2D eigenvalue weighted by Gasteiger charge is -2.03. The Morgan fingerprint density at radius 2 is 2.10 bits per heavy atom. The third kappa shape index (κ3) is 1.92. The Labute approximate surface area is 55.5 Å². The predicted molar refractivity (Wildman–Crippen MR) is 28.1 cm³/mol. The highest BCUT2D eigenvalue weighted by atomic mass is 17.1. The van der Waals surface area contributed by atoms with Crippen LogP contribution in [0.5, 0.6) is 0 Å². The molecule has 0 aromatic carbocycles. The van der Waals surface area contributed by atoms with E-state index in [0.717, 1.165) is 0 Å². The molecule has 0 saturated heterocycles. The molecule has 10 heavy (non-hydrogen) atoms. The van der Waals surface area contributed by atoms with Gasteiger partial charge >= 0.3 is 5.97 Å². The third-order valence-corrected chi connectivity index (χ3v) is 0.736. The van der Waals surface area contributed by atoms with Gasteiger partial charge < -0.3 is 20.2 Å². The number of hydrogen-bond acceptors (Lipinski definition) is 5. The van der Waals surface area contributed by atoms with Gasteiger partial charge in [0, 0.05) is 0 Å². The van der Waals surface area contributed by atoms with Crippen molar-refractivity contribution in [3.05, 3.63) is 12.0 Å². The molecule has 0 fully saturated rings.